The molecule has 1 aromatic heterocycles. The number of aromatic nitrogens is 1. The van der Waals surface area contributed by atoms with E-state index in [2.05, 4.69) is 10.3 Å². The van der Waals surface area contributed by atoms with Crippen molar-refractivity contribution in [2.45, 2.75) is 13.8 Å². The average Bonchev–Trinajstić information content (AvgIpc) is 2.16. The van der Waals surface area contributed by atoms with Gasteiger partial charge in [-0.05, 0) is 18.1 Å². The van der Waals surface area contributed by atoms with Crippen LogP contribution in [0.3, 0.4) is 0 Å². The van der Waals surface area contributed by atoms with E-state index >= 15 is 0 Å². The SMILES string of the molecule is CC(C)COC(=O)Nc1cccnc1. The summed E-state index contributed by atoms with van der Waals surface area (Å²) in [4.78, 5) is 15.0. The smallest absolute Gasteiger partial charge is 0.411 e. The van der Waals surface area contributed by atoms with Crippen molar-refractivity contribution in [3.8, 4) is 0 Å². The Kier molecular flexibility index (Phi) is 3.91. The molecule has 76 valence electrons. The fourth-order valence-electron chi connectivity index (χ4n) is 0.833. The van der Waals surface area contributed by atoms with Gasteiger partial charge in [0.05, 0.1) is 18.5 Å². The van der Waals surface area contributed by atoms with Gasteiger partial charge in [0.15, 0.2) is 0 Å². The average molecular weight is 194 g/mol. The first kappa shape index (κ1) is 10.5. The van der Waals surface area contributed by atoms with Crippen molar-refractivity contribution in [1.29, 1.82) is 0 Å². The van der Waals surface area contributed by atoms with E-state index in [1.165, 1.54) is 0 Å². The van der Waals surface area contributed by atoms with Gasteiger partial charge in [0.1, 0.15) is 0 Å². The van der Waals surface area contributed by atoms with Crippen LogP contribution in [0.2, 0.25) is 0 Å². The molecule has 0 saturated carbocycles. The standard InChI is InChI=1S/C10H14N2O2/c1-8(2)7-14-10(13)12-9-4-3-5-11-6-9/h3-6,8H,7H2,1-2H3,(H,12,13). The van der Waals surface area contributed by atoms with Gasteiger partial charge in [-0.2, -0.15) is 0 Å². The molecule has 0 aliphatic heterocycles. The van der Waals surface area contributed by atoms with E-state index in [0.29, 0.717) is 18.2 Å². The lowest BCUT2D eigenvalue weighted by Crippen LogP contribution is -2.16. The van der Waals surface area contributed by atoms with Crippen molar-refractivity contribution in [2.24, 2.45) is 5.92 Å². The van der Waals surface area contributed by atoms with Gasteiger partial charge in [-0.25, -0.2) is 4.79 Å². The minimum atomic E-state index is -0.438. The summed E-state index contributed by atoms with van der Waals surface area (Å²) in [6.45, 7) is 4.39. The van der Waals surface area contributed by atoms with Crippen LogP contribution in [0.1, 0.15) is 13.8 Å². The second kappa shape index (κ2) is 5.21. The Bertz CT molecular complexity index is 285. The lowest BCUT2D eigenvalue weighted by Gasteiger charge is -2.07. The van der Waals surface area contributed by atoms with Gasteiger partial charge in [0.2, 0.25) is 0 Å². The van der Waals surface area contributed by atoms with Crippen molar-refractivity contribution in [2.75, 3.05) is 11.9 Å². The molecule has 0 fully saturated rings. The van der Waals surface area contributed by atoms with Gasteiger partial charge >= 0.3 is 6.09 Å². The highest BCUT2D eigenvalue weighted by atomic mass is 16.5. The maximum absolute atomic E-state index is 11.2. The molecule has 0 atom stereocenters. The molecule has 0 saturated heterocycles. The van der Waals surface area contributed by atoms with Gasteiger partial charge in [0, 0.05) is 6.20 Å². The summed E-state index contributed by atoms with van der Waals surface area (Å²) >= 11 is 0. The molecule has 1 aromatic rings. The minimum absolute atomic E-state index is 0.342. The van der Waals surface area contributed by atoms with E-state index in [-0.39, 0.29) is 0 Å². The summed E-state index contributed by atoms with van der Waals surface area (Å²) in [5.74, 6) is 0.342. The topological polar surface area (TPSA) is 51.2 Å². The number of ether oxygens (including phenoxy) is 1. The number of carbonyl (C=O) groups is 1. The molecule has 1 amide bonds. The summed E-state index contributed by atoms with van der Waals surface area (Å²) in [5.41, 5.74) is 0.640. The highest BCUT2D eigenvalue weighted by Crippen LogP contribution is 2.03. The fourth-order valence-corrected chi connectivity index (χ4v) is 0.833. The van der Waals surface area contributed by atoms with E-state index in [4.69, 9.17) is 4.74 Å². The number of anilines is 1. The number of nitrogens with one attached hydrogen (secondary N) is 1. The Hall–Kier alpha value is -1.58. The zero-order chi connectivity index (χ0) is 10.4. The van der Waals surface area contributed by atoms with Gasteiger partial charge in [-0.3, -0.25) is 10.3 Å². The Morgan fingerprint density at radius 3 is 3.00 bits per heavy atom. The van der Waals surface area contributed by atoms with Crippen LogP contribution in [-0.4, -0.2) is 17.7 Å². The van der Waals surface area contributed by atoms with Crippen LogP contribution in [0.15, 0.2) is 24.5 Å². The molecule has 14 heavy (non-hydrogen) atoms. The number of hydrogen-bond acceptors (Lipinski definition) is 3. The summed E-state index contributed by atoms with van der Waals surface area (Å²) in [7, 11) is 0. The number of pyridine rings is 1. The molecule has 0 aromatic carbocycles. The van der Waals surface area contributed by atoms with Crippen molar-refractivity contribution < 1.29 is 9.53 Å². The van der Waals surface area contributed by atoms with Crippen molar-refractivity contribution >= 4 is 11.8 Å². The van der Waals surface area contributed by atoms with Crippen molar-refractivity contribution in [3.05, 3.63) is 24.5 Å². The summed E-state index contributed by atoms with van der Waals surface area (Å²) in [5, 5.41) is 2.57. The van der Waals surface area contributed by atoms with E-state index in [1.807, 2.05) is 13.8 Å². The zero-order valence-corrected chi connectivity index (χ0v) is 8.36. The number of amides is 1. The van der Waals surface area contributed by atoms with Crippen LogP contribution >= 0.6 is 0 Å². The minimum Gasteiger partial charge on any atom is -0.449 e. The van der Waals surface area contributed by atoms with Crippen LogP contribution in [0, 0.1) is 5.92 Å². The number of carbonyl (C=O) groups excluding carboxylic acids is 1. The molecule has 1 heterocycles. The predicted molar refractivity (Wildman–Crippen MR) is 54.0 cm³/mol. The Balaban J connectivity index is 2.35. The normalized spacial score (nSPS) is 9.93. The number of hydrogen-bond donors (Lipinski definition) is 1. The van der Waals surface area contributed by atoms with Gasteiger partial charge in [0.25, 0.3) is 0 Å². The quantitative estimate of drug-likeness (QED) is 0.803. The number of rotatable bonds is 3. The zero-order valence-electron chi connectivity index (χ0n) is 8.36. The predicted octanol–water partition coefficient (Wildman–Crippen LogP) is 2.29. The highest BCUT2D eigenvalue weighted by molar-refractivity contribution is 5.84. The molecular formula is C10H14N2O2. The van der Waals surface area contributed by atoms with Crippen LogP contribution in [0.4, 0.5) is 10.5 Å². The molecule has 0 unspecified atom stereocenters. The largest absolute Gasteiger partial charge is 0.449 e. The lowest BCUT2D eigenvalue weighted by molar-refractivity contribution is 0.147. The first-order valence-electron chi connectivity index (χ1n) is 4.52. The second-order valence-electron chi connectivity index (χ2n) is 3.36. The van der Waals surface area contributed by atoms with E-state index in [1.54, 1.807) is 24.5 Å². The highest BCUT2D eigenvalue weighted by Gasteiger charge is 2.03. The Morgan fingerprint density at radius 2 is 2.43 bits per heavy atom. The molecular weight excluding hydrogens is 180 g/mol. The van der Waals surface area contributed by atoms with Crippen molar-refractivity contribution in [3.63, 3.8) is 0 Å². The van der Waals surface area contributed by atoms with Gasteiger partial charge in [-0.1, -0.05) is 13.8 Å². The van der Waals surface area contributed by atoms with E-state index < -0.39 is 6.09 Å². The third-order valence-corrected chi connectivity index (χ3v) is 1.46. The second-order valence-corrected chi connectivity index (χ2v) is 3.36. The van der Waals surface area contributed by atoms with Crippen LogP contribution < -0.4 is 5.32 Å². The first-order chi connectivity index (χ1) is 6.68. The van der Waals surface area contributed by atoms with Crippen LogP contribution in [-0.2, 0) is 4.74 Å². The molecule has 0 spiro atoms. The van der Waals surface area contributed by atoms with E-state index in [9.17, 15) is 4.79 Å². The number of nitrogens with zero attached hydrogens (tertiary/aromatic N) is 1. The van der Waals surface area contributed by atoms with Gasteiger partial charge < -0.3 is 4.74 Å². The fraction of sp³-hybridized carbons (Fsp3) is 0.400. The first-order valence-corrected chi connectivity index (χ1v) is 4.52. The Labute approximate surface area is 83.3 Å². The van der Waals surface area contributed by atoms with E-state index in [0.717, 1.165) is 0 Å². The monoisotopic (exact) mass is 194 g/mol. The molecule has 4 nitrogen and oxygen atoms in total. The third-order valence-electron chi connectivity index (χ3n) is 1.46. The Morgan fingerprint density at radius 1 is 1.64 bits per heavy atom. The molecule has 1 N–H and O–H groups in total. The molecule has 0 aliphatic carbocycles. The summed E-state index contributed by atoms with van der Waals surface area (Å²) in [6.07, 6.45) is 2.77. The molecule has 0 radical (unpaired) electrons. The molecule has 0 bridgehead atoms. The van der Waals surface area contributed by atoms with Crippen molar-refractivity contribution in [1.82, 2.24) is 4.98 Å². The third kappa shape index (κ3) is 3.89. The maximum Gasteiger partial charge on any atom is 0.411 e. The lowest BCUT2D eigenvalue weighted by atomic mass is 10.2. The molecule has 0 aliphatic rings. The molecule has 1 rings (SSSR count). The van der Waals surface area contributed by atoms with Crippen LogP contribution in [0.5, 0.6) is 0 Å². The van der Waals surface area contributed by atoms with Crippen LogP contribution in [0.25, 0.3) is 0 Å². The summed E-state index contributed by atoms with van der Waals surface area (Å²) < 4.78 is 4.93. The molecule has 4 heteroatoms. The summed E-state index contributed by atoms with van der Waals surface area (Å²) in [6, 6.07) is 3.50. The maximum atomic E-state index is 11.2. The van der Waals surface area contributed by atoms with Gasteiger partial charge in [-0.15, -0.1) is 0 Å².